The maximum absolute atomic E-state index is 11.5. The first-order valence-electron chi connectivity index (χ1n) is 11.0. The van der Waals surface area contributed by atoms with Crippen molar-refractivity contribution >= 4 is 5.97 Å². The molecule has 5 atom stereocenters. The highest BCUT2D eigenvalue weighted by Crippen LogP contribution is 2.36. The summed E-state index contributed by atoms with van der Waals surface area (Å²) in [6.07, 6.45) is 9.17. The number of carbonyl (C=O) groups excluding carboxylic acids is 1. The summed E-state index contributed by atoms with van der Waals surface area (Å²) in [5, 5.41) is 31.0. The summed E-state index contributed by atoms with van der Waals surface area (Å²) in [4.78, 5) is 11.5. The molecule has 2 rings (SSSR count). The first-order chi connectivity index (χ1) is 14.4. The van der Waals surface area contributed by atoms with Crippen LogP contribution in [0.1, 0.15) is 51.5 Å². The first-order valence-corrected chi connectivity index (χ1v) is 11.0. The Morgan fingerprint density at radius 1 is 1.17 bits per heavy atom. The average Bonchev–Trinajstić information content (AvgIpc) is 2.95. The van der Waals surface area contributed by atoms with E-state index in [1.54, 1.807) is 6.08 Å². The normalized spacial score (nSPS) is 25.4. The molecule has 5 unspecified atom stereocenters. The predicted molar refractivity (Wildman–Crippen MR) is 118 cm³/mol. The molecule has 1 fully saturated rings. The summed E-state index contributed by atoms with van der Waals surface area (Å²) >= 11 is 0. The van der Waals surface area contributed by atoms with Gasteiger partial charge in [-0.15, -0.1) is 0 Å². The van der Waals surface area contributed by atoms with Gasteiger partial charge in [0.2, 0.25) is 0 Å². The Balaban J connectivity index is 1.80. The highest BCUT2D eigenvalue weighted by atomic mass is 16.5. The molecule has 3 N–H and O–H groups in total. The van der Waals surface area contributed by atoms with Gasteiger partial charge in [0.1, 0.15) is 0 Å². The number of hydrogen-bond acceptors (Lipinski definition) is 5. The lowest BCUT2D eigenvalue weighted by molar-refractivity contribution is -0.147. The number of hydrogen-bond donors (Lipinski definition) is 3. The topological polar surface area (TPSA) is 87.0 Å². The molecular weight excluding hydrogens is 380 g/mol. The van der Waals surface area contributed by atoms with E-state index >= 15 is 0 Å². The molecule has 30 heavy (non-hydrogen) atoms. The molecule has 1 saturated carbocycles. The van der Waals surface area contributed by atoms with Gasteiger partial charge in [0, 0.05) is 25.2 Å². The van der Waals surface area contributed by atoms with E-state index in [0.29, 0.717) is 25.7 Å². The largest absolute Gasteiger partial charge is 0.463 e. The van der Waals surface area contributed by atoms with Crippen molar-refractivity contribution in [3.05, 3.63) is 60.2 Å². The molecule has 1 aliphatic rings. The molecule has 0 amide bonds. The van der Waals surface area contributed by atoms with Crippen LogP contribution >= 0.6 is 0 Å². The van der Waals surface area contributed by atoms with Gasteiger partial charge in [-0.25, -0.2) is 0 Å². The third-order valence-electron chi connectivity index (χ3n) is 5.45. The Bertz CT molecular complexity index is 682. The Labute approximate surface area is 180 Å². The second-order valence-electron chi connectivity index (χ2n) is 8.39. The molecule has 0 spiro atoms. The number of benzene rings is 1. The van der Waals surface area contributed by atoms with E-state index in [1.165, 1.54) is 0 Å². The Morgan fingerprint density at radius 3 is 2.60 bits per heavy atom. The average molecular weight is 417 g/mol. The van der Waals surface area contributed by atoms with Crippen molar-refractivity contribution < 1.29 is 24.9 Å². The van der Waals surface area contributed by atoms with Gasteiger partial charge >= 0.3 is 5.97 Å². The lowest BCUT2D eigenvalue weighted by atomic mass is 9.89. The van der Waals surface area contributed by atoms with Gasteiger partial charge in [-0.05, 0) is 44.6 Å². The molecule has 0 bridgehead atoms. The summed E-state index contributed by atoms with van der Waals surface area (Å²) in [7, 11) is 0. The molecular formula is C25H36O5. The van der Waals surface area contributed by atoms with Crippen LogP contribution in [0.3, 0.4) is 0 Å². The third-order valence-corrected chi connectivity index (χ3v) is 5.45. The summed E-state index contributed by atoms with van der Waals surface area (Å²) in [5.74, 6) is -0.439. The number of carbonyl (C=O) groups is 1. The van der Waals surface area contributed by atoms with Crippen LogP contribution in [0.4, 0.5) is 0 Å². The Kier molecular flexibility index (Phi) is 10.3. The fourth-order valence-corrected chi connectivity index (χ4v) is 3.94. The Morgan fingerprint density at radius 2 is 1.90 bits per heavy atom. The fourth-order valence-electron chi connectivity index (χ4n) is 3.94. The van der Waals surface area contributed by atoms with E-state index < -0.39 is 18.3 Å². The minimum Gasteiger partial charge on any atom is -0.463 e. The van der Waals surface area contributed by atoms with Crippen LogP contribution in [0, 0.1) is 11.8 Å². The molecule has 0 aliphatic heterocycles. The van der Waals surface area contributed by atoms with Gasteiger partial charge in [-0.1, -0.05) is 54.6 Å². The standard InChI is InChI=1S/C25H36O5/c1-18(2)30-25(29)13-9-4-3-8-12-21-22(24(28)17-23(21)27)15-14-20(26)16-19-10-6-5-7-11-19/h3,5-8,10-11,14-15,18,20-24,26-28H,4,9,12-13,16-17H2,1-2H3. The number of aliphatic hydroxyl groups is 3. The van der Waals surface area contributed by atoms with Crippen LogP contribution < -0.4 is 0 Å². The van der Waals surface area contributed by atoms with Crippen molar-refractivity contribution in [3.63, 3.8) is 0 Å². The van der Waals surface area contributed by atoms with Gasteiger partial charge in [-0.3, -0.25) is 4.79 Å². The number of rotatable bonds is 11. The van der Waals surface area contributed by atoms with Crippen LogP contribution in [0.15, 0.2) is 54.6 Å². The maximum Gasteiger partial charge on any atom is 0.306 e. The molecule has 5 heteroatoms. The van der Waals surface area contributed by atoms with Gasteiger partial charge < -0.3 is 20.1 Å². The van der Waals surface area contributed by atoms with Gasteiger partial charge in [-0.2, -0.15) is 0 Å². The third kappa shape index (κ3) is 8.42. The van der Waals surface area contributed by atoms with E-state index in [2.05, 4.69) is 0 Å². The van der Waals surface area contributed by atoms with Crippen LogP contribution in [0.25, 0.3) is 0 Å². The van der Waals surface area contributed by atoms with Crippen LogP contribution in [-0.2, 0) is 16.0 Å². The highest BCUT2D eigenvalue weighted by molar-refractivity contribution is 5.69. The summed E-state index contributed by atoms with van der Waals surface area (Å²) in [6.45, 7) is 3.68. The smallest absolute Gasteiger partial charge is 0.306 e. The number of ether oxygens (including phenoxy) is 1. The van der Waals surface area contributed by atoms with E-state index in [-0.39, 0.29) is 23.9 Å². The summed E-state index contributed by atoms with van der Waals surface area (Å²) in [5.41, 5.74) is 1.05. The molecule has 1 aliphatic carbocycles. The SMILES string of the molecule is CC(C)OC(=O)CCCC=CCC1C(O)CC(O)C1C=CC(O)Cc1ccccc1. The van der Waals surface area contributed by atoms with Crippen molar-refractivity contribution in [2.45, 2.75) is 76.8 Å². The van der Waals surface area contributed by atoms with Crippen molar-refractivity contribution in [1.82, 2.24) is 0 Å². The van der Waals surface area contributed by atoms with E-state index in [4.69, 9.17) is 4.74 Å². The number of allylic oxidation sites excluding steroid dienone is 2. The zero-order valence-electron chi connectivity index (χ0n) is 18.1. The first kappa shape index (κ1) is 24.3. The minimum atomic E-state index is -0.626. The quantitative estimate of drug-likeness (QED) is 0.292. The Hall–Kier alpha value is -1.95. The molecule has 1 aromatic carbocycles. The maximum atomic E-state index is 11.5. The number of aliphatic hydroxyl groups excluding tert-OH is 3. The van der Waals surface area contributed by atoms with E-state index in [9.17, 15) is 20.1 Å². The number of esters is 1. The minimum absolute atomic E-state index is 0.0812. The van der Waals surface area contributed by atoms with Gasteiger partial charge in [0.15, 0.2) is 0 Å². The van der Waals surface area contributed by atoms with E-state index in [0.717, 1.165) is 18.4 Å². The lowest BCUT2D eigenvalue weighted by Gasteiger charge is -2.19. The monoisotopic (exact) mass is 416 g/mol. The number of unbranched alkanes of at least 4 members (excludes halogenated alkanes) is 1. The zero-order chi connectivity index (χ0) is 21.9. The second-order valence-corrected chi connectivity index (χ2v) is 8.39. The van der Waals surface area contributed by atoms with Crippen molar-refractivity contribution in [2.75, 3.05) is 0 Å². The van der Waals surface area contributed by atoms with Crippen LogP contribution in [0.5, 0.6) is 0 Å². The molecule has 0 saturated heterocycles. The summed E-state index contributed by atoms with van der Waals surface area (Å²) in [6, 6.07) is 9.77. The highest BCUT2D eigenvalue weighted by Gasteiger charge is 2.39. The second kappa shape index (κ2) is 12.7. The van der Waals surface area contributed by atoms with Crippen molar-refractivity contribution in [1.29, 1.82) is 0 Å². The fraction of sp³-hybridized carbons (Fsp3) is 0.560. The molecule has 0 aromatic heterocycles. The molecule has 0 radical (unpaired) electrons. The predicted octanol–water partition coefficient (Wildman–Crippen LogP) is 3.57. The lowest BCUT2D eigenvalue weighted by Crippen LogP contribution is -2.20. The van der Waals surface area contributed by atoms with Crippen molar-refractivity contribution in [2.24, 2.45) is 11.8 Å². The van der Waals surface area contributed by atoms with Gasteiger partial charge in [0.05, 0.1) is 24.4 Å². The van der Waals surface area contributed by atoms with Crippen LogP contribution in [-0.4, -0.2) is 45.7 Å². The molecule has 0 heterocycles. The van der Waals surface area contributed by atoms with Gasteiger partial charge in [0.25, 0.3) is 0 Å². The molecule has 1 aromatic rings. The molecule has 166 valence electrons. The molecule has 5 nitrogen and oxygen atoms in total. The zero-order valence-corrected chi connectivity index (χ0v) is 18.1. The van der Waals surface area contributed by atoms with E-state index in [1.807, 2.05) is 62.4 Å². The van der Waals surface area contributed by atoms with Crippen LogP contribution in [0.2, 0.25) is 0 Å². The van der Waals surface area contributed by atoms with Crippen molar-refractivity contribution in [3.8, 4) is 0 Å². The summed E-state index contributed by atoms with van der Waals surface area (Å²) < 4.78 is 5.11.